The highest BCUT2D eigenvalue weighted by molar-refractivity contribution is 5.75. The topological polar surface area (TPSA) is 17.1 Å². The second-order valence-corrected chi connectivity index (χ2v) is 3.99. The van der Waals surface area contributed by atoms with Crippen molar-refractivity contribution in [2.45, 2.75) is 25.2 Å². The molecule has 1 fully saturated rings. The number of hydrogen-bond donors (Lipinski definition) is 0. The van der Waals surface area contributed by atoms with Crippen LogP contribution >= 0.6 is 0 Å². The molecule has 0 aromatic heterocycles. The summed E-state index contributed by atoms with van der Waals surface area (Å²) in [5, 5.41) is 0. The van der Waals surface area contributed by atoms with E-state index in [-0.39, 0.29) is 5.92 Å². The van der Waals surface area contributed by atoms with Gasteiger partial charge in [0.2, 0.25) is 6.43 Å². The molecule has 1 aliphatic carbocycles. The Bertz CT molecular complexity index is 356. The summed E-state index contributed by atoms with van der Waals surface area (Å²) in [7, 11) is 0. The lowest BCUT2D eigenvalue weighted by molar-refractivity contribution is 0.104. The van der Waals surface area contributed by atoms with Gasteiger partial charge in [0.25, 0.3) is 0 Å². The number of alkyl halides is 2. The molecule has 80 valence electrons. The average Bonchev–Trinajstić information content (AvgIpc) is 3.02. The molecule has 0 radical (unpaired) electrons. The Kier molecular flexibility index (Phi) is 2.80. The molecule has 1 aromatic carbocycles. The van der Waals surface area contributed by atoms with Crippen molar-refractivity contribution in [2.75, 3.05) is 0 Å². The van der Waals surface area contributed by atoms with Crippen molar-refractivity contribution in [1.82, 2.24) is 0 Å². The number of rotatable bonds is 4. The van der Waals surface area contributed by atoms with E-state index < -0.39 is 12.3 Å². The summed E-state index contributed by atoms with van der Waals surface area (Å²) >= 11 is 0. The minimum absolute atomic E-state index is 0.104. The minimum atomic E-state index is -2.33. The zero-order valence-corrected chi connectivity index (χ0v) is 8.20. The van der Waals surface area contributed by atoms with Crippen molar-refractivity contribution in [1.29, 1.82) is 0 Å². The van der Waals surface area contributed by atoms with Crippen molar-refractivity contribution < 1.29 is 13.6 Å². The largest absolute Gasteiger partial charge is 0.298 e. The lowest BCUT2D eigenvalue weighted by Crippen LogP contribution is -2.11. The molecule has 0 aliphatic heterocycles. The summed E-state index contributed by atoms with van der Waals surface area (Å²) in [4.78, 5) is 10.5. The molecule has 0 amide bonds. The van der Waals surface area contributed by atoms with Gasteiger partial charge in [-0.15, -0.1) is 0 Å². The molecule has 0 spiro atoms. The van der Waals surface area contributed by atoms with Crippen molar-refractivity contribution >= 4 is 6.29 Å². The number of halogens is 2. The third-order valence-electron chi connectivity index (χ3n) is 2.83. The molecule has 3 heteroatoms. The van der Waals surface area contributed by atoms with E-state index in [1.807, 2.05) is 0 Å². The Hall–Kier alpha value is -1.25. The standard InChI is InChI=1S/C12H12F2O/c13-12(14)11(9-4-5-9)10-3-1-2-8(6-10)7-15/h1-3,6-7,9,11-12H,4-5H2. The van der Waals surface area contributed by atoms with Crippen molar-refractivity contribution in [3.8, 4) is 0 Å². The molecule has 1 aliphatic rings. The first kappa shape index (κ1) is 10.3. The van der Waals surface area contributed by atoms with Crippen LogP contribution in [0, 0.1) is 5.92 Å². The molecule has 1 saturated carbocycles. The first-order chi connectivity index (χ1) is 7.22. The molecule has 15 heavy (non-hydrogen) atoms. The minimum Gasteiger partial charge on any atom is -0.298 e. The Morgan fingerprint density at radius 1 is 1.33 bits per heavy atom. The summed E-state index contributed by atoms with van der Waals surface area (Å²) in [6.45, 7) is 0. The first-order valence-corrected chi connectivity index (χ1v) is 5.05. The van der Waals surface area contributed by atoms with Crippen LogP contribution in [0.1, 0.15) is 34.7 Å². The van der Waals surface area contributed by atoms with Crippen LogP contribution in [0.15, 0.2) is 24.3 Å². The van der Waals surface area contributed by atoms with Crippen molar-refractivity contribution in [2.24, 2.45) is 5.92 Å². The monoisotopic (exact) mass is 210 g/mol. The van der Waals surface area contributed by atoms with Gasteiger partial charge in [0, 0.05) is 11.5 Å². The third kappa shape index (κ3) is 2.22. The molecule has 1 unspecified atom stereocenters. The van der Waals surface area contributed by atoms with E-state index in [1.165, 1.54) is 0 Å². The average molecular weight is 210 g/mol. The Morgan fingerprint density at radius 2 is 2.07 bits per heavy atom. The Morgan fingerprint density at radius 3 is 2.60 bits per heavy atom. The smallest absolute Gasteiger partial charge is 0.245 e. The fourth-order valence-electron chi connectivity index (χ4n) is 1.92. The van der Waals surface area contributed by atoms with E-state index in [1.54, 1.807) is 24.3 Å². The predicted octanol–water partition coefficient (Wildman–Crippen LogP) is 3.26. The highest BCUT2D eigenvalue weighted by Crippen LogP contribution is 2.45. The number of carbonyl (C=O) groups excluding carboxylic acids is 1. The molecule has 0 bridgehead atoms. The van der Waals surface area contributed by atoms with Crippen LogP contribution in [0.2, 0.25) is 0 Å². The van der Waals surface area contributed by atoms with Gasteiger partial charge in [-0.2, -0.15) is 0 Å². The SMILES string of the molecule is O=Cc1cccc(C(C(F)F)C2CC2)c1. The van der Waals surface area contributed by atoms with Crippen molar-refractivity contribution in [3.05, 3.63) is 35.4 Å². The van der Waals surface area contributed by atoms with E-state index in [4.69, 9.17) is 0 Å². The van der Waals surface area contributed by atoms with Crippen LogP contribution in [0.25, 0.3) is 0 Å². The zero-order valence-electron chi connectivity index (χ0n) is 8.20. The Labute approximate surface area is 87.1 Å². The highest BCUT2D eigenvalue weighted by atomic mass is 19.3. The van der Waals surface area contributed by atoms with Gasteiger partial charge in [-0.1, -0.05) is 18.2 Å². The molecule has 2 rings (SSSR count). The van der Waals surface area contributed by atoms with Crippen LogP contribution in [-0.2, 0) is 0 Å². The maximum absolute atomic E-state index is 12.8. The Balaban J connectivity index is 2.28. The second kappa shape index (κ2) is 4.09. The maximum atomic E-state index is 12.8. The van der Waals surface area contributed by atoms with Crippen LogP contribution in [0.3, 0.4) is 0 Å². The lowest BCUT2D eigenvalue weighted by atomic mass is 9.93. The maximum Gasteiger partial charge on any atom is 0.245 e. The molecule has 0 heterocycles. The first-order valence-electron chi connectivity index (χ1n) is 5.05. The van der Waals surface area contributed by atoms with Gasteiger partial charge >= 0.3 is 0 Å². The van der Waals surface area contributed by atoms with Crippen LogP contribution in [0.4, 0.5) is 8.78 Å². The number of carbonyl (C=O) groups is 1. The summed E-state index contributed by atoms with van der Waals surface area (Å²) in [5.74, 6) is -0.586. The van der Waals surface area contributed by atoms with Gasteiger partial charge in [0.1, 0.15) is 6.29 Å². The summed E-state index contributed by atoms with van der Waals surface area (Å²) in [6, 6.07) is 6.55. The fraction of sp³-hybridized carbons (Fsp3) is 0.417. The van der Waals surface area contributed by atoms with Crippen LogP contribution < -0.4 is 0 Å². The van der Waals surface area contributed by atoms with E-state index in [0.717, 1.165) is 12.8 Å². The quantitative estimate of drug-likeness (QED) is 0.697. The van der Waals surface area contributed by atoms with Gasteiger partial charge in [0.15, 0.2) is 0 Å². The third-order valence-corrected chi connectivity index (χ3v) is 2.83. The molecule has 1 aromatic rings. The normalized spacial score (nSPS) is 17.8. The molecule has 1 nitrogen and oxygen atoms in total. The van der Waals surface area contributed by atoms with Gasteiger partial charge in [-0.05, 0) is 30.4 Å². The van der Waals surface area contributed by atoms with Crippen molar-refractivity contribution in [3.63, 3.8) is 0 Å². The molecular weight excluding hydrogens is 198 g/mol. The van der Waals surface area contributed by atoms with Crippen LogP contribution in [0.5, 0.6) is 0 Å². The number of benzene rings is 1. The second-order valence-electron chi connectivity index (χ2n) is 3.99. The van der Waals surface area contributed by atoms with Gasteiger partial charge in [-0.3, -0.25) is 4.79 Å². The summed E-state index contributed by atoms with van der Waals surface area (Å²) in [5.41, 5.74) is 1.07. The summed E-state index contributed by atoms with van der Waals surface area (Å²) in [6.07, 6.45) is 0.110. The fourth-order valence-corrected chi connectivity index (χ4v) is 1.92. The number of hydrogen-bond acceptors (Lipinski definition) is 1. The van der Waals surface area contributed by atoms with E-state index in [0.29, 0.717) is 17.4 Å². The summed E-state index contributed by atoms with van der Waals surface area (Å²) < 4.78 is 25.6. The van der Waals surface area contributed by atoms with Gasteiger partial charge in [0.05, 0.1) is 0 Å². The lowest BCUT2D eigenvalue weighted by Gasteiger charge is -2.15. The number of aldehydes is 1. The molecule has 1 atom stereocenters. The molecule has 0 saturated heterocycles. The van der Waals surface area contributed by atoms with E-state index in [9.17, 15) is 13.6 Å². The highest BCUT2D eigenvalue weighted by Gasteiger charge is 2.38. The zero-order chi connectivity index (χ0) is 10.8. The van der Waals surface area contributed by atoms with Crippen LogP contribution in [-0.4, -0.2) is 12.7 Å². The predicted molar refractivity (Wildman–Crippen MR) is 53.3 cm³/mol. The molecule has 0 N–H and O–H groups in total. The van der Waals surface area contributed by atoms with E-state index >= 15 is 0 Å². The van der Waals surface area contributed by atoms with Gasteiger partial charge in [-0.25, -0.2) is 8.78 Å². The molecular formula is C12H12F2O. The van der Waals surface area contributed by atoms with E-state index in [2.05, 4.69) is 0 Å². The van der Waals surface area contributed by atoms with Gasteiger partial charge < -0.3 is 0 Å².